The Bertz CT molecular complexity index is 489. The number of carbonyl (C=O) groups is 2. The van der Waals surface area contributed by atoms with Crippen molar-refractivity contribution in [1.29, 1.82) is 0 Å². The summed E-state index contributed by atoms with van der Waals surface area (Å²) in [4.78, 5) is 21.9. The van der Waals surface area contributed by atoms with Crippen molar-refractivity contribution in [2.75, 3.05) is 30.8 Å². The summed E-state index contributed by atoms with van der Waals surface area (Å²) in [7, 11) is 1.50. The van der Waals surface area contributed by atoms with Gasteiger partial charge in [-0.3, -0.25) is 4.79 Å². The van der Waals surface area contributed by atoms with E-state index in [4.69, 9.17) is 21.3 Å². The van der Waals surface area contributed by atoms with Crippen molar-refractivity contribution in [3.05, 3.63) is 29.8 Å². The Labute approximate surface area is 153 Å². The first-order valence-corrected chi connectivity index (χ1v) is 9.04. The fourth-order valence-electron chi connectivity index (χ4n) is 1.37. The van der Waals surface area contributed by atoms with Gasteiger partial charge in [0.2, 0.25) is 0 Å². The van der Waals surface area contributed by atoms with Crippen LogP contribution in [-0.2, 0) is 16.1 Å². The quantitative estimate of drug-likeness (QED) is 0.336. The number of carboxylic acid groups (broad SMARTS) is 1. The molecule has 0 aromatic heterocycles. The molecule has 8 nitrogen and oxygen atoms in total. The highest BCUT2D eigenvalue weighted by molar-refractivity contribution is 7.99. The first kappa shape index (κ1) is 25.3. The summed E-state index contributed by atoms with van der Waals surface area (Å²) in [5, 5.41) is 11.2. The molecular formula is C16H30N4O4S. The SMILES string of the molecule is CC.CN.Nc1ccccc1COC(=O)NCCSCC(N)C(=O)O. The van der Waals surface area contributed by atoms with E-state index in [0.29, 0.717) is 23.7 Å². The fraction of sp³-hybridized carbons (Fsp3) is 0.500. The molecule has 0 heterocycles. The van der Waals surface area contributed by atoms with Crippen LogP contribution in [0.5, 0.6) is 0 Å². The lowest BCUT2D eigenvalue weighted by Crippen LogP contribution is -2.33. The number of amides is 1. The van der Waals surface area contributed by atoms with Crippen LogP contribution in [0.3, 0.4) is 0 Å². The van der Waals surface area contributed by atoms with Crippen molar-refractivity contribution in [3.63, 3.8) is 0 Å². The van der Waals surface area contributed by atoms with Gasteiger partial charge in [0.25, 0.3) is 0 Å². The van der Waals surface area contributed by atoms with Crippen LogP contribution in [0.1, 0.15) is 19.4 Å². The van der Waals surface area contributed by atoms with Crippen LogP contribution in [0.15, 0.2) is 24.3 Å². The first-order valence-electron chi connectivity index (χ1n) is 7.88. The summed E-state index contributed by atoms with van der Waals surface area (Å²) in [6.07, 6.45) is -0.540. The third kappa shape index (κ3) is 13.0. The molecule has 1 aromatic carbocycles. The van der Waals surface area contributed by atoms with Crippen LogP contribution in [0.2, 0.25) is 0 Å². The fourth-order valence-corrected chi connectivity index (χ4v) is 2.18. The molecule has 0 saturated heterocycles. The molecule has 1 amide bonds. The largest absolute Gasteiger partial charge is 0.480 e. The Morgan fingerprint density at radius 2 is 1.88 bits per heavy atom. The molecule has 0 fully saturated rings. The number of nitrogens with one attached hydrogen (secondary N) is 1. The Kier molecular flexibility index (Phi) is 17.1. The summed E-state index contributed by atoms with van der Waals surface area (Å²) in [5.41, 5.74) is 16.9. The molecule has 0 bridgehead atoms. The molecule has 0 radical (unpaired) electrons. The Hall–Kier alpha value is -1.97. The molecule has 0 saturated carbocycles. The number of alkyl carbamates (subject to hydrolysis) is 1. The predicted octanol–water partition coefficient (Wildman–Crippen LogP) is 1.24. The molecule has 1 rings (SSSR count). The van der Waals surface area contributed by atoms with E-state index in [2.05, 4.69) is 11.1 Å². The van der Waals surface area contributed by atoms with E-state index < -0.39 is 18.1 Å². The minimum absolute atomic E-state index is 0.107. The molecule has 1 aromatic rings. The van der Waals surface area contributed by atoms with Crippen LogP contribution in [-0.4, -0.2) is 48.3 Å². The van der Waals surface area contributed by atoms with Gasteiger partial charge in [0.05, 0.1) is 0 Å². The standard InChI is InChI=1S/C13H19N3O4S.C2H6.CH5N/c14-10-4-2-1-3-9(10)7-20-13(19)16-5-6-21-8-11(15)12(17)18;2*1-2/h1-4,11H,5-8,14-15H2,(H,16,19)(H,17,18);1-2H3;2H2,1H3. The average Bonchev–Trinajstić information content (AvgIpc) is 2.63. The zero-order chi connectivity index (χ0) is 19.7. The summed E-state index contributed by atoms with van der Waals surface area (Å²) in [5.74, 6) is -0.175. The van der Waals surface area contributed by atoms with Gasteiger partial charge >= 0.3 is 12.1 Å². The molecule has 0 aliphatic carbocycles. The van der Waals surface area contributed by atoms with Crippen molar-refractivity contribution in [2.24, 2.45) is 11.5 Å². The average molecular weight is 375 g/mol. The van der Waals surface area contributed by atoms with Gasteiger partial charge in [0, 0.05) is 29.3 Å². The molecule has 0 spiro atoms. The first-order chi connectivity index (χ1) is 12.0. The van der Waals surface area contributed by atoms with Gasteiger partial charge < -0.3 is 32.4 Å². The molecule has 0 aliphatic heterocycles. The maximum atomic E-state index is 11.4. The van der Waals surface area contributed by atoms with Gasteiger partial charge in [-0.25, -0.2) is 4.79 Å². The van der Waals surface area contributed by atoms with Gasteiger partial charge in [0.15, 0.2) is 0 Å². The number of thioether (sulfide) groups is 1. The minimum atomic E-state index is -1.03. The molecular weight excluding hydrogens is 344 g/mol. The zero-order valence-electron chi connectivity index (χ0n) is 15.0. The topological polar surface area (TPSA) is 154 Å². The van der Waals surface area contributed by atoms with Crippen molar-refractivity contribution in [2.45, 2.75) is 26.5 Å². The number of para-hydroxylation sites is 1. The smallest absolute Gasteiger partial charge is 0.407 e. The van der Waals surface area contributed by atoms with Crippen LogP contribution >= 0.6 is 11.8 Å². The van der Waals surface area contributed by atoms with Gasteiger partial charge in [-0.15, -0.1) is 0 Å². The van der Waals surface area contributed by atoms with Crippen LogP contribution in [0.4, 0.5) is 10.5 Å². The molecule has 1 atom stereocenters. The lowest BCUT2D eigenvalue weighted by molar-refractivity contribution is -0.137. The number of hydrogen-bond donors (Lipinski definition) is 5. The third-order valence-corrected chi connectivity index (χ3v) is 3.63. The van der Waals surface area contributed by atoms with Crippen molar-refractivity contribution >= 4 is 29.5 Å². The van der Waals surface area contributed by atoms with Gasteiger partial charge in [0.1, 0.15) is 12.6 Å². The molecule has 144 valence electrons. The maximum Gasteiger partial charge on any atom is 0.407 e. The second kappa shape index (κ2) is 16.9. The number of aliphatic carboxylic acids is 1. The van der Waals surface area contributed by atoms with Crippen LogP contribution < -0.4 is 22.5 Å². The maximum absolute atomic E-state index is 11.4. The van der Waals surface area contributed by atoms with E-state index in [1.165, 1.54) is 18.8 Å². The summed E-state index contributed by atoms with van der Waals surface area (Å²) in [6, 6.07) is 6.25. The second-order valence-corrected chi connectivity index (χ2v) is 5.37. The number of benzene rings is 1. The lowest BCUT2D eigenvalue weighted by atomic mass is 10.2. The summed E-state index contributed by atoms with van der Waals surface area (Å²) in [6.45, 7) is 4.48. The molecule has 0 aliphatic rings. The van der Waals surface area contributed by atoms with E-state index in [1.54, 1.807) is 18.2 Å². The van der Waals surface area contributed by atoms with Crippen LogP contribution in [0.25, 0.3) is 0 Å². The third-order valence-electron chi connectivity index (χ3n) is 2.54. The molecule has 25 heavy (non-hydrogen) atoms. The van der Waals surface area contributed by atoms with E-state index in [9.17, 15) is 9.59 Å². The van der Waals surface area contributed by atoms with E-state index in [0.717, 1.165) is 5.56 Å². The predicted molar refractivity (Wildman–Crippen MR) is 103 cm³/mol. The summed E-state index contributed by atoms with van der Waals surface area (Å²) < 4.78 is 5.02. The summed E-state index contributed by atoms with van der Waals surface area (Å²) >= 11 is 1.35. The number of ether oxygens (including phenoxy) is 1. The number of nitrogens with two attached hydrogens (primary N) is 3. The Morgan fingerprint density at radius 1 is 1.28 bits per heavy atom. The van der Waals surface area contributed by atoms with Gasteiger partial charge in [-0.05, 0) is 13.1 Å². The second-order valence-electron chi connectivity index (χ2n) is 4.22. The van der Waals surface area contributed by atoms with E-state index in [-0.39, 0.29) is 6.61 Å². The van der Waals surface area contributed by atoms with E-state index in [1.807, 2.05) is 19.9 Å². The number of rotatable bonds is 8. The number of carbonyl (C=O) groups excluding carboxylic acids is 1. The minimum Gasteiger partial charge on any atom is -0.480 e. The normalized spacial score (nSPS) is 10.3. The van der Waals surface area contributed by atoms with Gasteiger partial charge in [-0.2, -0.15) is 11.8 Å². The number of hydrogen-bond acceptors (Lipinski definition) is 7. The number of nitrogen functional groups attached to an aromatic ring is 1. The number of carboxylic acids is 1. The Morgan fingerprint density at radius 3 is 2.44 bits per heavy atom. The molecule has 1 unspecified atom stereocenters. The Balaban J connectivity index is 0. The van der Waals surface area contributed by atoms with Gasteiger partial charge in [-0.1, -0.05) is 32.0 Å². The zero-order valence-corrected chi connectivity index (χ0v) is 15.8. The number of anilines is 1. The van der Waals surface area contributed by atoms with Crippen molar-refractivity contribution in [3.8, 4) is 0 Å². The van der Waals surface area contributed by atoms with Crippen LogP contribution in [0, 0.1) is 0 Å². The van der Waals surface area contributed by atoms with Crippen molar-refractivity contribution < 1.29 is 19.4 Å². The van der Waals surface area contributed by atoms with E-state index >= 15 is 0 Å². The molecule has 8 N–H and O–H groups in total. The highest BCUT2D eigenvalue weighted by Crippen LogP contribution is 2.11. The molecule has 9 heteroatoms. The highest BCUT2D eigenvalue weighted by atomic mass is 32.2. The van der Waals surface area contributed by atoms with Crippen molar-refractivity contribution in [1.82, 2.24) is 5.32 Å². The highest BCUT2D eigenvalue weighted by Gasteiger charge is 2.10. The lowest BCUT2D eigenvalue weighted by Gasteiger charge is -2.09. The monoisotopic (exact) mass is 374 g/mol.